The van der Waals surface area contributed by atoms with Crippen LogP contribution in [-0.2, 0) is 14.3 Å². The first kappa shape index (κ1) is 18.4. The highest BCUT2D eigenvalue weighted by molar-refractivity contribution is 6.42. The zero-order valence-electron chi connectivity index (χ0n) is 14.9. The van der Waals surface area contributed by atoms with Gasteiger partial charge in [0.05, 0.1) is 28.8 Å². The molecule has 27 heavy (non-hydrogen) atoms. The third-order valence-corrected chi connectivity index (χ3v) is 6.20. The SMILES string of the molecule is COC(=O)OC1=C2CCCN2C2=C(C(=O)CCC2)C1c1cccc(Cl)c1Cl. The van der Waals surface area contributed by atoms with E-state index in [1.807, 2.05) is 6.07 Å². The molecule has 1 aromatic carbocycles. The summed E-state index contributed by atoms with van der Waals surface area (Å²) in [7, 11) is 1.26. The molecule has 2 heterocycles. The minimum Gasteiger partial charge on any atom is -0.437 e. The Bertz CT molecular complexity index is 890. The zero-order chi connectivity index (χ0) is 19.1. The predicted octanol–water partition coefficient (Wildman–Crippen LogP) is 5.19. The van der Waals surface area contributed by atoms with Crippen LogP contribution in [0.4, 0.5) is 4.79 Å². The molecule has 0 amide bonds. The Hall–Kier alpha value is -1.98. The standard InChI is InChI=1S/C20H19Cl2NO4/c1-26-20(25)27-19-14-8-4-10-23(14)13-7-3-9-15(24)17(13)16(19)11-5-2-6-12(21)18(11)22/h2,5-6,16H,3-4,7-10H2,1H3. The smallest absolute Gasteiger partial charge is 0.437 e. The summed E-state index contributed by atoms with van der Waals surface area (Å²) in [5, 5.41) is 0.767. The molecule has 1 unspecified atom stereocenters. The van der Waals surface area contributed by atoms with Crippen molar-refractivity contribution in [3.8, 4) is 0 Å². The Kier molecular flexibility index (Phi) is 4.91. The van der Waals surface area contributed by atoms with Gasteiger partial charge in [-0.3, -0.25) is 4.79 Å². The number of Topliss-reactive ketones (excluding diaryl/α,β-unsaturated/α-hetero) is 1. The molecule has 1 aromatic rings. The fourth-order valence-electron chi connectivity index (χ4n) is 4.27. The molecule has 2 aliphatic heterocycles. The third-order valence-electron chi connectivity index (χ3n) is 5.36. The van der Waals surface area contributed by atoms with Gasteiger partial charge in [0, 0.05) is 24.2 Å². The predicted molar refractivity (Wildman–Crippen MR) is 102 cm³/mol. The van der Waals surface area contributed by atoms with Crippen LogP contribution < -0.4 is 0 Å². The Balaban J connectivity index is 1.95. The summed E-state index contributed by atoms with van der Waals surface area (Å²) in [5.41, 5.74) is 3.28. The van der Waals surface area contributed by atoms with Crippen molar-refractivity contribution in [3.63, 3.8) is 0 Å². The minimum atomic E-state index is -0.806. The Labute approximate surface area is 167 Å². The molecule has 1 fully saturated rings. The summed E-state index contributed by atoms with van der Waals surface area (Å²) in [4.78, 5) is 27.1. The molecule has 3 aliphatic rings. The van der Waals surface area contributed by atoms with Crippen molar-refractivity contribution >= 4 is 35.1 Å². The summed E-state index contributed by atoms with van der Waals surface area (Å²) in [5.74, 6) is -0.0609. The molecule has 4 rings (SSSR count). The number of halogens is 2. The lowest BCUT2D eigenvalue weighted by Crippen LogP contribution is -2.34. The van der Waals surface area contributed by atoms with E-state index in [1.165, 1.54) is 7.11 Å². The first-order valence-electron chi connectivity index (χ1n) is 8.99. The monoisotopic (exact) mass is 407 g/mol. The van der Waals surface area contributed by atoms with Gasteiger partial charge in [0.15, 0.2) is 5.78 Å². The van der Waals surface area contributed by atoms with Crippen LogP contribution in [0.2, 0.25) is 10.0 Å². The maximum Gasteiger partial charge on any atom is 0.513 e. The second-order valence-corrected chi connectivity index (χ2v) is 7.62. The average Bonchev–Trinajstić information content (AvgIpc) is 3.15. The van der Waals surface area contributed by atoms with Crippen LogP contribution in [-0.4, -0.2) is 30.5 Å². The largest absolute Gasteiger partial charge is 0.513 e. The number of methoxy groups -OCH3 is 1. The van der Waals surface area contributed by atoms with Crippen LogP contribution in [0.25, 0.3) is 0 Å². The Morgan fingerprint density at radius 3 is 2.70 bits per heavy atom. The van der Waals surface area contributed by atoms with Crippen LogP contribution in [0.1, 0.15) is 43.6 Å². The van der Waals surface area contributed by atoms with Crippen LogP contribution in [0.5, 0.6) is 0 Å². The molecule has 0 bridgehead atoms. The molecule has 0 radical (unpaired) electrons. The molecule has 142 valence electrons. The van der Waals surface area contributed by atoms with E-state index in [9.17, 15) is 9.59 Å². The van der Waals surface area contributed by atoms with E-state index in [2.05, 4.69) is 4.90 Å². The first-order valence-corrected chi connectivity index (χ1v) is 9.75. The molecule has 0 saturated carbocycles. The van der Waals surface area contributed by atoms with Crippen molar-refractivity contribution in [1.82, 2.24) is 4.90 Å². The van der Waals surface area contributed by atoms with Gasteiger partial charge in [-0.1, -0.05) is 35.3 Å². The molecule has 0 N–H and O–H groups in total. The normalized spacial score (nSPS) is 22.0. The lowest BCUT2D eigenvalue weighted by molar-refractivity contribution is -0.116. The summed E-state index contributed by atoms with van der Waals surface area (Å²) >= 11 is 12.8. The number of fused-ring (bicyclic) bond motifs is 2. The van der Waals surface area contributed by atoms with E-state index in [1.54, 1.807) is 12.1 Å². The van der Waals surface area contributed by atoms with Crippen molar-refractivity contribution in [2.75, 3.05) is 13.7 Å². The number of benzene rings is 1. The van der Waals surface area contributed by atoms with Crippen molar-refractivity contribution in [2.24, 2.45) is 0 Å². The number of nitrogens with zero attached hydrogens (tertiary/aromatic N) is 1. The van der Waals surface area contributed by atoms with Crippen LogP contribution in [0, 0.1) is 0 Å². The fraction of sp³-hybridized carbons (Fsp3) is 0.400. The number of carbonyl (C=O) groups is 2. The van der Waals surface area contributed by atoms with Gasteiger partial charge in [-0.15, -0.1) is 0 Å². The molecule has 1 saturated heterocycles. The van der Waals surface area contributed by atoms with Gasteiger partial charge in [-0.25, -0.2) is 4.79 Å². The van der Waals surface area contributed by atoms with Gasteiger partial charge < -0.3 is 14.4 Å². The van der Waals surface area contributed by atoms with Gasteiger partial charge in [0.1, 0.15) is 5.76 Å². The topological polar surface area (TPSA) is 55.8 Å². The summed E-state index contributed by atoms with van der Waals surface area (Å²) in [6.07, 6.45) is 3.02. The summed E-state index contributed by atoms with van der Waals surface area (Å²) in [6.45, 7) is 0.811. The van der Waals surface area contributed by atoms with Gasteiger partial charge >= 0.3 is 6.16 Å². The van der Waals surface area contributed by atoms with Gasteiger partial charge in [-0.2, -0.15) is 0 Å². The Morgan fingerprint density at radius 1 is 1.15 bits per heavy atom. The van der Waals surface area contributed by atoms with E-state index >= 15 is 0 Å². The van der Waals surface area contributed by atoms with Gasteiger partial charge in [-0.05, 0) is 37.3 Å². The second kappa shape index (κ2) is 7.21. The highest BCUT2D eigenvalue weighted by atomic mass is 35.5. The van der Waals surface area contributed by atoms with E-state index < -0.39 is 12.1 Å². The average molecular weight is 408 g/mol. The lowest BCUT2D eigenvalue weighted by atomic mass is 9.78. The highest BCUT2D eigenvalue weighted by Crippen LogP contribution is 2.50. The summed E-state index contributed by atoms with van der Waals surface area (Å²) in [6, 6.07) is 5.32. The van der Waals surface area contributed by atoms with Crippen molar-refractivity contribution in [2.45, 2.75) is 38.0 Å². The number of allylic oxidation sites excluding steroid dienone is 3. The Morgan fingerprint density at radius 2 is 1.93 bits per heavy atom. The van der Waals surface area contributed by atoms with Crippen LogP contribution >= 0.6 is 23.2 Å². The number of ether oxygens (including phenoxy) is 2. The lowest BCUT2D eigenvalue weighted by Gasteiger charge is -2.39. The molecule has 0 spiro atoms. The fourth-order valence-corrected chi connectivity index (χ4v) is 4.69. The zero-order valence-corrected chi connectivity index (χ0v) is 16.4. The quantitative estimate of drug-likeness (QED) is 0.631. The number of hydrogen-bond acceptors (Lipinski definition) is 5. The van der Waals surface area contributed by atoms with Crippen molar-refractivity contribution in [1.29, 1.82) is 0 Å². The van der Waals surface area contributed by atoms with Gasteiger partial charge in [0.25, 0.3) is 0 Å². The summed E-state index contributed by atoms with van der Waals surface area (Å²) < 4.78 is 10.3. The van der Waals surface area contributed by atoms with E-state index in [0.29, 0.717) is 33.4 Å². The van der Waals surface area contributed by atoms with E-state index in [4.69, 9.17) is 32.7 Å². The molecule has 7 heteroatoms. The number of rotatable bonds is 2. The maximum absolute atomic E-state index is 12.9. The first-order chi connectivity index (χ1) is 13.0. The molecular weight excluding hydrogens is 389 g/mol. The molecule has 0 aromatic heterocycles. The molecule has 5 nitrogen and oxygen atoms in total. The van der Waals surface area contributed by atoms with Crippen LogP contribution in [0.15, 0.2) is 40.9 Å². The number of ketones is 1. The minimum absolute atomic E-state index is 0.0641. The second-order valence-electron chi connectivity index (χ2n) is 6.84. The number of hydrogen-bond donors (Lipinski definition) is 0. The molecular formula is C20H19Cl2NO4. The van der Waals surface area contributed by atoms with Crippen molar-refractivity contribution < 1.29 is 19.1 Å². The van der Waals surface area contributed by atoms with Crippen molar-refractivity contribution in [3.05, 3.63) is 56.5 Å². The van der Waals surface area contributed by atoms with Crippen LogP contribution in [0.3, 0.4) is 0 Å². The van der Waals surface area contributed by atoms with E-state index in [0.717, 1.165) is 43.6 Å². The van der Waals surface area contributed by atoms with Gasteiger partial charge in [0.2, 0.25) is 0 Å². The highest BCUT2D eigenvalue weighted by Gasteiger charge is 2.44. The van der Waals surface area contributed by atoms with E-state index in [-0.39, 0.29) is 5.78 Å². The maximum atomic E-state index is 12.9. The molecule has 1 atom stereocenters. The number of carbonyl (C=O) groups excluding carboxylic acids is 2. The molecule has 1 aliphatic carbocycles. The third kappa shape index (κ3) is 3.03.